The van der Waals surface area contributed by atoms with Crippen molar-refractivity contribution in [3.8, 4) is 0 Å². The predicted octanol–water partition coefficient (Wildman–Crippen LogP) is 3.52. The van der Waals surface area contributed by atoms with Crippen molar-refractivity contribution in [2.45, 2.75) is 19.4 Å². The quantitative estimate of drug-likeness (QED) is 0.868. The van der Waals surface area contributed by atoms with Crippen molar-refractivity contribution in [3.05, 3.63) is 52.7 Å². The number of carbonyl (C=O) groups excluding carboxylic acids is 1. The third-order valence-corrected chi connectivity index (χ3v) is 4.28. The van der Waals surface area contributed by atoms with Crippen LogP contribution in [0.1, 0.15) is 34.8 Å². The lowest BCUT2D eigenvalue weighted by Gasteiger charge is -2.36. The summed E-state index contributed by atoms with van der Waals surface area (Å²) >= 11 is 6.31. The topological polar surface area (TPSA) is 58.4 Å². The van der Waals surface area contributed by atoms with Crippen molar-refractivity contribution in [1.29, 1.82) is 0 Å². The Hall–Kier alpha value is -1.27. The Morgan fingerprint density at radius 2 is 2.17 bits per heavy atom. The van der Waals surface area contributed by atoms with E-state index in [9.17, 15) is 4.79 Å². The van der Waals surface area contributed by atoms with Gasteiger partial charge in [-0.1, -0.05) is 36.7 Å². The highest BCUT2D eigenvalue weighted by Crippen LogP contribution is 2.29. The summed E-state index contributed by atoms with van der Waals surface area (Å²) in [7, 11) is 0. The van der Waals surface area contributed by atoms with E-state index in [0.29, 0.717) is 36.0 Å². The van der Waals surface area contributed by atoms with Gasteiger partial charge in [-0.05, 0) is 11.6 Å². The summed E-state index contributed by atoms with van der Waals surface area (Å²) in [6.07, 6.45) is 1.97. The van der Waals surface area contributed by atoms with Gasteiger partial charge in [0.25, 0.3) is 5.91 Å². The molecule has 1 atom stereocenters. The molecule has 8 heteroatoms. The van der Waals surface area contributed by atoms with Crippen LogP contribution in [-0.4, -0.2) is 35.4 Å². The third kappa shape index (κ3) is 4.03. The molecule has 0 aliphatic carbocycles. The second-order valence-electron chi connectivity index (χ2n) is 5.22. The van der Waals surface area contributed by atoms with Crippen LogP contribution < -0.4 is 5.32 Å². The van der Waals surface area contributed by atoms with Gasteiger partial charge >= 0.3 is 0 Å². The van der Waals surface area contributed by atoms with E-state index in [0.717, 1.165) is 12.1 Å². The van der Waals surface area contributed by atoms with Gasteiger partial charge in [-0.25, -0.2) is 4.98 Å². The molecule has 0 spiro atoms. The zero-order valence-corrected chi connectivity index (χ0v) is 15.6. The summed E-state index contributed by atoms with van der Waals surface area (Å²) in [5, 5.41) is 3.99. The van der Waals surface area contributed by atoms with E-state index in [1.807, 2.05) is 36.1 Å². The number of nitrogens with one attached hydrogen (secondary N) is 1. The second-order valence-corrected chi connectivity index (χ2v) is 5.62. The minimum absolute atomic E-state index is 0. The highest BCUT2D eigenvalue weighted by Gasteiger charge is 2.32. The molecule has 0 radical (unpaired) electrons. The Kier molecular flexibility index (Phi) is 8.03. The van der Waals surface area contributed by atoms with E-state index in [1.165, 1.54) is 6.39 Å². The van der Waals surface area contributed by atoms with Gasteiger partial charge in [-0.15, -0.1) is 24.8 Å². The summed E-state index contributed by atoms with van der Waals surface area (Å²) in [5.74, 6) is 0.526. The van der Waals surface area contributed by atoms with Crippen LogP contribution in [0.3, 0.4) is 0 Å². The molecule has 1 fully saturated rings. The maximum absolute atomic E-state index is 12.9. The first-order valence-corrected chi connectivity index (χ1v) is 7.78. The van der Waals surface area contributed by atoms with Crippen molar-refractivity contribution >= 4 is 42.3 Å². The minimum atomic E-state index is -0.101. The smallest absolute Gasteiger partial charge is 0.276 e. The van der Waals surface area contributed by atoms with Crippen molar-refractivity contribution in [3.63, 3.8) is 0 Å². The van der Waals surface area contributed by atoms with E-state index < -0.39 is 0 Å². The maximum atomic E-state index is 12.9. The fraction of sp³-hybridized carbons (Fsp3) is 0.375. The van der Waals surface area contributed by atoms with E-state index in [1.54, 1.807) is 0 Å². The molecule has 132 valence electrons. The Morgan fingerprint density at radius 3 is 2.88 bits per heavy atom. The molecule has 3 rings (SSSR count). The number of piperazine rings is 1. The van der Waals surface area contributed by atoms with Crippen molar-refractivity contribution in [2.75, 3.05) is 19.6 Å². The number of hydrogen-bond donors (Lipinski definition) is 1. The molecule has 2 heterocycles. The number of carbonyl (C=O) groups is 1. The van der Waals surface area contributed by atoms with Gasteiger partial charge in [-0.3, -0.25) is 4.79 Å². The van der Waals surface area contributed by atoms with Crippen LogP contribution in [0.15, 0.2) is 35.1 Å². The van der Waals surface area contributed by atoms with E-state index >= 15 is 0 Å². The van der Waals surface area contributed by atoms with Crippen LogP contribution in [0.2, 0.25) is 5.02 Å². The summed E-state index contributed by atoms with van der Waals surface area (Å²) in [4.78, 5) is 18.8. The molecule has 1 aliphatic rings. The van der Waals surface area contributed by atoms with Crippen LogP contribution in [0.5, 0.6) is 0 Å². The molecule has 1 unspecified atom stereocenters. The van der Waals surface area contributed by atoms with Gasteiger partial charge < -0.3 is 14.6 Å². The van der Waals surface area contributed by atoms with Crippen LogP contribution in [0, 0.1) is 0 Å². The number of halogens is 3. The summed E-state index contributed by atoms with van der Waals surface area (Å²) < 4.78 is 5.29. The molecular weight excluding hydrogens is 373 g/mol. The first-order chi connectivity index (χ1) is 10.7. The summed E-state index contributed by atoms with van der Waals surface area (Å²) in [6, 6.07) is 7.54. The van der Waals surface area contributed by atoms with Gasteiger partial charge in [0.05, 0.1) is 6.04 Å². The number of hydrogen-bond acceptors (Lipinski definition) is 4. The monoisotopic (exact) mass is 391 g/mol. The zero-order valence-electron chi connectivity index (χ0n) is 13.2. The number of oxazole rings is 1. The molecular formula is C16H20Cl3N3O2. The van der Waals surface area contributed by atoms with E-state index in [2.05, 4.69) is 10.3 Å². The standard InChI is InChI=1S/C16H18ClN3O2.2ClH/c1-2-14-15(19-10-22-14)16(21)20-8-7-18-9-13(20)11-5-3-4-6-12(11)17;;/h3-6,10,13,18H,2,7-9H2,1H3;2*1H. The number of amides is 1. The van der Waals surface area contributed by atoms with Gasteiger partial charge in [0.1, 0.15) is 5.76 Å². The number of aryl methyl sites for hydroxylation is 1. The third-order valence-electron chi connectivity index (χ3n) is 3.93. The fourth-order valence-electron chi connectivity index (χ4n) is 2.80. The largest absolute Gasteiger partial charge is 0.448 e. The van der Waals surface area contributed by atoms with E-state index in [-0.39, 0.29) is 36.8 Å². The molecule has 24 heavy (non-hydrogen) atoms. The number of benzene rings is 1. The molecule has 1 amide bonds. The predicted molar refractivity (Wildman–Crippen MR) is 98.5 cm³/mol. The molecule has 5 nitrogen and oxygen atoms in total. The SMILES string of the molecule is CCc1ocnc1C(=O)N1CCNCC1c1ccccc1Cl.Cl.Cl. The molecule has 2 aromatic rings. The molecule has 1 N–H and O–H groups in total. The van der Waals surface area contributed by atoms with Crippen molar-refractivity contribution in [2.24, 2.45) is 0 Å². The number of aromatic nitrogens is 1. The summed E-state index contributed by atoms with van der Waals surface area (Å²) in [6.45, 7) is 3.99. The normalized spacial score (nSPS) is 16.9. The Labute approximate surface area is 158 Å². The van der Waals surface area contributed by atoms with Gasteiger partial charge in [-0.2, -0.15) is 0 Å². The molecule has 0 saturated carbocycles. The average Bonchev–Trinajstić information content (AvgIpc) is 3.03. The Morgan fingerprint density at radius 1 is 1.42 bits per heavy atom. The average molecular weight is 393 g/mol. The Bertz CT molecular complexity index is 678. The van der Waals surface area contributed by atoms with Gasteiger partial charge in [0.2, 0.25) is 0 Å². The van der Waals surface area contributed by atoms with Crippen LogP contribution in [0.25, 0.3) is 0 Å². The van der Waals surface area contributed by atoms with Crippen LogP contribution >= 0.6 is 36.4 Å². The maximum Gasteiger partial charge on any atom is 0.276 e. The first kappa shape index (κ1) is 20.8. The number of nitrogens with zero attached hydrogens (tertiary/aromatic N) is 2. The Balaban J connectivity index is 0.00000144. The van der Waals surface area contributed by atoms with Gasteiger partial charge in [0.15, 0.2) is 12.1 Å². The van der Waals surface area contributed by atoms with Crippen molar-refractivity contribution < 1.29 is 9.21 Å². The molecule has 1 saturated heterocycles. The lowest BCUT2D eigenvalue weighted by molar-refractivity contribution is 0.0627. The second kappa shape index (κ2) is 9.28. The van der Waals surface area contributed by atoms with Gasteiger partial charge in [0, 0.05) is 31.1 Å². The number of rotatable bonds is 3. The minimum Gasteiger partial charge on any atom is -0.448 e. The fourth-order valence-corrected chi connectivity index (χ4v) is 3.06. The molecule has 1 aromatic carbocycles. The van der Waals surface area contributed by atoms with Crippen molar-refractivity contribution in [1.82, 2.24) is 15.2 Å². The zero-order chi connectivity index (χ0) is 15.5. The van der Waals surface area contributed by atoms with Crippen LogP contribution in [0.4, 0.5) is 0 Å². The first-order valence-electron chi connectivity index (χ1n) is 7.40. The van der Waals surface area contributed by atoms with Crippen LogP contribution in [-0.2, 0) is 6.42 Å². The molecule has 1 aliphatic heterocycles. The lowest BCUT2D eigenvalue weighted by atomic mass is 10.0. The highest BCUT2D eigenvalue weighted by molar-refractivity contribution is 6.31. The lowest BCUT2D eigenvalue weighted by Crippen LogP contribution is -2.49. The summed E-state index contributed by atoms with van der Waals surface area (Å²) in [5.41, 5.74) is 1.35. The highest BCUT2D eigenvalue weighted by atomic mass is 35.5. The van der Waals surface area contributed by atoms with E-state index in [4.69, 9.17) is 16.0 Å². The molecule has 1 aromatic heterocycles. The molecule has 0 bridgehead atoms.